The third-order valence-electron chi connectivity index (χ3n) is 3.30. The highest BCUT2D eigenvalue weighted by Crippen LogP contribution is 2.26. The quantitative estimate of drug-likeness (QED) is 0.751. The monoisotopic (exact) mass is 342 g/mol. The molecule has 0 aliphatic rings. The molecule has 0 saturated carbocycles. The topological polar surface area (TPSA) is 34.1 Å². The molecule has 3 aromatic rings. The van der Waals surface area contributed by atoms with Crippen LogP contribution in [0, 0.1) is 0 Å². The molecule has 106 valence electrons. The number of fused-ring (bicyclic) bond motifs is 1. The van der Waals surface area contributed by atoms with Crippen LogP contribution in [0.25, 0.3) is 10.9 Å². The van der Waals surface area contributed by atoms with Gasteiger partial charge < -0.3 is 10.1 Å². The Morgan fingerprint density at radius 2 is 2.00 bits per heavy atom. The molecule has 1 heterocycles. The predicted molar refractivity (Wildman–Crippen MR) is 89.8 cm³/mol. The second-order valence-corrected chi connectivity index (χ2v) is 5.59. The van der Waals surface area contributed by atoms with Gasteiger partial charge >= 0.3 is 0 Å². The number of hydrogen-bond acceptors (Lipinski definition) is 3. The first-order chi connectivity index (χ1) is 10.3. The van der Waals surface area contributed by atoms with Gasteiger partial charge in [0.25, 0.3) is 0 Å². The average molecular weight is 343 g/mol. The number of para-hydroxylation sites is 1. The van der Waals surface area contributed by atoms with Gasteiger partial charge in [0.15, 0.2) is 0 Å². The summed E-state index contributed by atoms with van der Waals surface area (Å²) >= 11 is 3.50. The maximum absolute atomic E-state index is 5.23. The maximum atomic E-state index is 5.23. The van der Waals surface area contributed by atoms with Gasteiger partial charge in [-0.25, -0.2) is 0 Å². The van der Waals surface area contributed by atoms with E-state index >= 15 is 0 Å². The van der Waals surface area contributed by atoms with Crippen molar-refractivity contribution in [1.82, 2.24) is 4.98 Å². The van der Waals surface area contributed by atoms with Gasteiger partial charge in [0.1, 0.15) is 5.75 Å². The molecule has 0 atom stereocenters. The van der Waals surface area contributed by atoms with Gasteiger partial charge in [0, 0.05) is 11.9 Å². The van der Waals surface area contributed by atoms with Crippen molar-refractivity contribution in [2.24, 2.45) is 0 Å². The van der Waals surface area contributed by atoms with E-state index in [4.69, 9.17) is 4.74 Å². The highest BCUT2D eigenvalue weighted by Gasteiger charge is 2.02. The SMILES string of the molecule is COc1ccc(CNc2cnc3ccccc3c2)cc1Br. The van der Waals surface area contributed by atoms with Gasteiger partial charge in [-0.05, 0) is 45.8 Å². The average Bonchev–Trinajstić information content (AvgIpc) is 2.53. The molecular formula is C17H15BrN2O. The van der Waals surface area contributed by atoms with Crippen molar-refractivity contribution in [2.45, 2.75) is 6.54 Å². The van der Waals surface area contributed by atoms with Gasteiger partial charge in [-0.3, -0.25) is 4.98 Å². The van der Waals surface area contributed by atoms with Crippen molar-refractivity contribution >= 4 is 32.5 Å². The highest BCUT2D eigenvalue weighted by molar-refractivity contribution is 9.10. The third kappa shape index (κ3) is 3.16. The number of aromatic nitrogens is 1. The number of halogens is 1. The molecule has 0 aliphatic carbocycles. The number of nitrogens with one attached hydrogen (secondary N) is 1. The lowest BCUT2D eigenvalue weighted by atomic mass is 10.2. The number of ether oxygens (including phenoxy) is 1. The molecule has 3 rings (SSSR count). The largest absolute Gasteiger partial charge is 0.496 e. The van der Waals surface area contributed by atoms with Crippen molar-refractivity contribution in [3.63, 3.8) is 0 Å². The predicted octanol–water partition coefficient (Wildman–Crippen LogP) is 4.62. The Labute approximate surface area is 132 Å². The van der Waals surface area contributed by atoms with Crippen LogP contribution in [0.2, 0.25) is 0 Å². The summed E-state index contributed by atoms with van der Waals surface area (Å²) in [6.07, 6.45) is 1.86. The second-order valence-electron chi connectivity index (χ2n) is 4.74. The van der Waals surface area contributed by atoms with Crippen LogP contribution in [0.15, 0.2) is 59.2 Å². The zero-order valence-electron chi connectivity index (χ0n) is 11.6. The van der Waals surface area contributed by atoms with Crippen LogP contribution < -0.4 is 10.1 Å². The summed E-state index contributed by atoms with van der Waals surface area (Å²) in [6.45, 7) is 0.739. The van der Waals surface area contributed by atoms with E-state index in [1.165, 1.54) is 5.56 Å². The van der Waals surface area contributed by atoms with Crippen LogP contribution in [0.5, 0.6) is 5.75 Å². The van der Waals surface area contributed by atoms with E-state index in [9.17, 15) is 0 Å². The smallest absolute Gasteiger partial charge is 0.133 e. The van der Waals surface area contributed by atoms with E-state index in [2.05, 4.69) is 44.4 Å². The summed E-state index contributed by atoms with van der Waals surface area (Å²) in [5, 5.41) is 4.53. The Balaban J connectivity index is 1.75. The van der Waals surface area contributed by atoms with Crippen LogP contribution >= 0.6 is 15.9 Å². The summed E-state index contributed by atoms with van der Waals surface area (Å²) in [5.74, 6) is 0.839. The normalized spacial score (nSPS) is 10.6. The van der Waals surface area contributed by atoms with E-state index in [0.717, 1.165) is 33.4 Å². The molecule has 0 radical (unpaired) electrons. The molecule has 21 heavy (non-hydrogen) atoms. The minimum atomic E-state index is 0.739. The lowest BCUT2D eigenvalue weighted by Crippen LogP contribution is -2.00. The summed E-state index contributed by atoms with van der Waals surface area (Å²) in [5.41, 5.74) is 3.20. The Morgan fingerprint density at radius 1 is 1.14 bits per heavy atom. The van der Waals surface area contributed by atoms with Gasteiger partial charge in [0.05, 0.1) is 29.0 Å². The molecule has 4 heteroatoms. The summed E-state index contributed by atoms with van der Waals surface area (Å²) in [7, 11) is 1.67. The molecule has 0 aliphatic heterocycles. The van der Waals surface area contributed by atoms with Crippen molar-refractivity contribution in [3.05, 3.63) is 64.8 Å². The third-order valence-corrected chi connectivity index (χ3v) is 3.92. The second kappa shape index (κ2) is 6.14. The number of benzene rings is 2. The highest BCUT2D eigenvalue weighted by atomic mass is 79.9. The molecule has 0 amide bonds. The van der Waals surface area contributed by atoms with Gasteiger partial charge in [-0.2, -0.15) is 0 Å². The fraction of sp³-hybridized carbons (Fsp3) is 0.118. The van der Waals surface area contributed by atoms with Crippen molar-refractivity contribution in [3.8, 4) is 5.75 Å². The first-order valence-electron chi connectivity index (χ1n) is 6.67. The first-order valence-corrected chi connectivity index (χ1v) is 7.46. The maximum Gasteiger partial charge on any atom is 0.133 e. The molecule has 2 aromatic carbocycles. The summed E-state index contributed by atoms with van der Waals surface area (Å²) in [4.78, 5) is 4.45. The summed E-state index contributed by atoms with van der Waals surface area (Å²) < 4.78 is 6.19. The van der Waals surface area contributed by atoms with E-state index in [-0.39, 0.29) is 0 Å². The lowest BCUT2D eigenvalue weighted by molar-refractivity contribution is 0.412. The fourth-order valence-electron chi connectivity index (χ4n) is 2.19. The van der Waals surface area contributed by atoms with Crippen molar-refractivity contribution in [1.29, 1.82) is 0 Å². The van der Waals surface area contributed by atoms with Crippen LogP contribution in [0.3, 0.4) is 0 Å². The molecule has 0 unspecified atom stereocenters. The minimum absolute atomic E-state index is 0.739. The molecule has 1 N–H and O–H groups in total. The number of nitrogens with zero attached hydrogens (tertiary/aromatic N) is 1. The standard InChI is InChI=1S/C17H15BrN2O/c1-21-17-7-6-12(8-15(17)18)10-19-14-9-13-4-2-3-5-16(13)20-11-14/h2-9,11,19H,10H2,1H3. The Hall–Kier alpha value is -2.07. The van der Waals surface area contributed by atoms with Gasteiger partial charge in [0.2, 0.25) is 0 Å². The molecule has 0 bridgehead atoms. The first kappa shape index (κ1) is 13.9. The molecule has 0 saturated heterocycles. The Bertz CT molecular complexity index is 774. The molecule has 0 spiro atoms. The number of rotatable bonds is 4. The lowest BCUT2D eigenvalue weighted by Gasteiger charge is -2.09. The van der Waals surface area contributed by atoms with Crippen molar-refractivity contribution < 1.29 is 4.74 Å². The Kier molecular flexibility index (Phi) is 4.06. The summed E-state index contributed by atoms with van der Waals surface area (Å²) in [6, 6.07) is 16.3. The van der Waals surface area contributed by atoms with Crippen LogP contribution in [-0.4, -0.2) is 12.1 Å². The van der Waals surface area contributed by atoms with Crippen LogP contribution in [0.4, 0.5) is 5.69 Å². The van der Waals surface area contributed by atoms with Crippen molar-refractivity contribution in [2.75, 3.05) is 12.4 Å². The zero-order chi connectivity index (χ0) is 14.7. The molecule has 1 aromatic heterocycles. The number of pyridine rings is 1. The number of anilines is 1. The van der Waals surface area contributed by atoms with E-state index in [1.54, 1.807) is 7.11 Å². The van der Waals surface area contributed by atoms with E-state index in [1.807, 2.05) is 36.5 Å². The van der Waals surface area contributed by atoms with Gasteiger partial charge in [-0.15, -0.1) is 0 Å². The zero-order valence-corrected chi connectivity index (χ0v) is 13.2. The molecule has 3 nitrogen and oxygen atoms in total. The van der Waals surface area contributed by atoms with Crippen LogP contribution in [-0.2, 0) is 6.54 Å². The minimum Gasteiger partial charge on any atom is -0.496 e. The van der Waals surface area contributed by atoms with Gasteiger partial charge in [-0.1, -0.05) is 24.3 Å². The fourth-order valence-corrected chi connectivity index (χ4v) is 2.78. The number of hydrogen-bond donors (Lipinski definition) is 1. The number of methoxy groups -OCH3 is 1. The van der Waals surface area contributed by atoms with E-state index in [0.29, 0.717) is 0 Å². The van der Waals surface area contributed by atoms with Crippen LogP contribution in [0.1, 0.15) is 5.56 Å². The molecular weight excluding hydrogens is 328 g/mol. The Morgan fingerprint density at radius 3 is 2.81 bits per heavy atom. The molecule has 0 fully saturated rings. The van der Waals surface area contributed by atoms with E-state index < -0.39 is 0 Å².